The van der Waals surface area contributed by atoms with Gasteiger partial charge in [-0.3, -0.25) is 9.89 Å². The third kappa shape index (κ3) is 2.94. The summed E-state index contributed by atoms with van der Waals surface area (Å²) < 4.78 is 13.9. The number of carbonyl (C=O) groups excluding carboxylic acids is 1. The second kappa shape index (κ2) is 6.02. The lowest BCUT2D eigenvalue weighted by Gasteiger charge is -2.41. The molecule has 126 valence electrons. The second-order valence-electron chi connectivity index (χ2n) is 6.93. The summed E-state index contributed by atoms with van der Waals surface area (Å²) in [6.45, 7) is 1.57. The minimum absolute atomic E-state index is 0.0351. The number of aromatic nitrogens is 2. The van der Waals surface area contributed by atoms with Gasteiger partial charge in [0.2, 0.25) is 5.91 Å². The quantitative estimate of drug-likeness (QED) is 0.758. The Morgan fingerprint density at radius 1 is 1.33 bits per heavy atom. The van der Waals surface area contributed by atoms with E-state index in [2.05, 4.69) is 20.8 Å². The van der Waals surface area contributed by atoms with Crippen LogP contribution in [-0.4, -0.2) is 29.2 Å². The molecule has 1 aliphatic heterocycles. The highest BCUT2D eigenvalue weighted by molar-refractivity contribution is 5.84. The van der Waals surface area contributed by atoms with E-state index in [-0.39, 0.29) is 11.7 Å². The fourth-order valence-electron chi connectivity index (χ4n) is 3.22. The number of aromatic amines is 1. The molecule has 0 spiro atoms. The van der Waals surface area contributed by atoms with Gasteiger partial charge in [0, 0.05) is 19.0 Å². The van der Waals surface area contributed by atoms with Crippen LogP contribution in [0, 0.1) is 11.2 Å². The smallest absolute Gasteiger partial charge is 0.229 e. The second-order valence-corrected chi connectivity index (χ2v) is 6.93. The maximum atomic E-state index is 13.9. The number of H-pyrrole nitrogens is 1. The molecule has 3 N–H and O–H groups in total. The molecule has 1 aliphatic carbocycles. The molecule has 0 radical (unpaired) electrons. The van der Waals surface area contributed by atoms with Gasteiger partial charge >= 0.3 is 0 Å². The molecule has 1 saturated carbocycles. The van der Waals surface area contributed by atoms with Crippen LogP contribution in [0.3, 0.4) is 0 Å². The Kier molecular flexibility index (Phi) is 3.84. The summed E-state index contributed by atoms with van der Waals surface area (Å²) in [6, 6.07) is 8.69. The number of nitrogens with one attached hydrogen (secondary N) is 3. The van der Waals surface area contributed by atoms with E-state index in [1.54, 1.807) is 18.2 Å². The Morgan fingerprint density at radius 2 is 2.12 bits per heavy atom. The van der Waals surface area contributed by atoms with Crippen LogP contribution in [0.5, 0.6) is 0 Å². The Labute approximate surface area is 140 Å². The van der Waals surface area contributed by atoms with E-state index in [1.165, 1.54) is 18.9 Å². The van der Waals surface area contributed by atoms with Crippen LogP contribution >= 0.6 is 0 Å². The largest absolute Gasteiger partial charge is 0.350 e. The van der Waals surface area contributed by atoms with Gasteiger partial charge in [0.1, 0.15) is 5.82 Å². The highest BCUT2D eigenvalue weighted by Crippen LogP contribution is 2.39. The van der Waals surface area contributed by atoms with Crippen LogP contribution in [0.2, 0.25) is 0 Å². The van der Waals surface area contributed by atoms with Crippen LogP contribution in [0.25, 0.3) is 0 Å². The number of carbonyl (C=O) groups is 1. The minimum Gasteiger partial charge on any atom is -0.350 e. The zero-order valence-electron chi connectivity index (χ0n) is 13.4. The Morgan fingerprint density at radius 3 is 2.79 bits per heavy atom. The van der Waals surface area contributed by atoms with Gasteiger partial charge in [-0.15, -0.1) is 0 Å². The van der Waals surface area contributed by atoms with Crippen LogP contribution in [-0.2, 0) is 17.8 Å². The minimum atomic E-state index is -0.568. The summed E-state index contributed by atoms with van der Waals surface area (Å²) >= 11 is 0. The van der Waals surface area contributed by atoms with E-state index in [9.17, 15) is 9.18 Å². The van der Waals surface area contributed by atoms with Crippen molar-refractivity contribution in [1.82, 2.24) is 20.8 Å². The van der Waals surface area contributed by atoms with Gasteiger partial charge in [0.05, 0.1) is 23.3 Å². The summed E-state index contributed by atoms with van der Waals surface area (Å²) in [5.41, 5.74) is 2.03. The van der Waals surface area contributed by atoms with Gasteiger partial charge < -0.3 is 10.6 Å². The Bertz CT molecular complexity index is 749. The van der Waals surface area contributed by atoms with Crippen molar-refractivity contribution in [3.05, 3.63) is 53.1 Å². The zero-order chi connectivity index (χ0) is 16.6. The lowest BCUT2D eigenvalue weighted by molar-refractivity contribution is -0.134. The van der Waals surface area contributed by atoms with Crippen molar-refractivity contribution in [1.29, 1.82) is 0 Å². The van der Waals surface area contributed by atoms with Gasteiger partial charge in [-0.1, -0.05) is 18.2 Å². The molecular weight excluding hydrogens is 307 g/mol. The summed E-state index contributed by atoms with van der Waals surface area (Å²) in [5.74, 6) is 0.306. The Balaban J connectivity index is 1.40. The molecule has 24 heavy (non-hydrogen) atoms. The average molecular weight is 328 g/mol. The molecule has 2 aromatic rings. The molecular formula is C18H21FN4O. The molecule has 1 aromatic heterocycles. The Hall–Kier alpha value is -2.21. The van der Waals surface area contributed by atoms with Crippen LogP contribution in [0.4, 0.5) is 4.39 Å². The maximum Gasteiger partial charge on any atom is 0.229 e. The summed E-state index contributed by atoms with van der Waals surface area (Å²) in [7, 11) is 0. The van der Waals surface area contributed by atoms with Crippen molar-refractivity contribution in [3.8, 4) is 0 Å². The van der Waals surface area contributed by atoms with Crippen molar-refractivity contribution in [2.24, 2.45) is 5.41 Å². The lowest BCUT2D eigenvalue weighted by atomic mass is 9.75. The maximum absolute atomic E-state index is 13.9. The lowest BCUT2D eigenvalue weighted by Crippen LogP contribution is -2.62. The van der Waals surface area contributed by atoms with Crippen molar-refractivity contribution < 1.29 is 9.18 Å². The number of halogens is 1. The van der Waals surface area contributed by atoms with Crippen LogP contribution in [0.1, 0.15) is 35.7 Å². The number of rotatable bonds is 6. The van der Waals surface area contributed by atoms with Crippen LogP contribution in [0.15, 0.2) is 30.3 Å². The molecule has 2 heterocycles. The monoisotopic (exact) mass is 328 g/mol. The van der Waals surface area contributed by atoms with Gasteiger partial charge in [0.15, 0.2) is 0 Å². The van der Waals surface area contributed by atoms with E-state index in [0.717, 1.165) is 11.4 Å². The van der Waals surface area contributed by atoms with Gasteiger partial charge in [0.25, 0.3) is 0 Å². The van der Waals surface area contributed by atoms with E-state index in [4.69, 9.17) is 0 Å². The summed E-state index contributed by atoms with van der Waals surface area (Å²) in [4.78, 5) is 12.7. The summed E-state index contributed by atoms with van der Waals surface area (Å²) in [5, 5.41) is 13.4. The number of hydrogen-bond acceptors (Lipinski definition) is 3. The molecule has 1 saturated heterocycles. The molecule has 2 aliphatic rings. The molecule has 0 bridgehead atoms. The third-order valence-corrected chi connectivity index (χ3v) is 4.98. The first-order chi connectivity index (χ1) is 11.7. The number of nitrogens with zero attached hydrogens (tertiary/aromatic N) is 1. The molecule has 4 rings (SSSR count). The molecule has 0 atom stereocenters. The summed E-state index contributed by atoms with van der Waals surface area (Å²) in [6.07, 6.45) is 2.82. The molecule has 5 nitrogen and oxygen atoms in total. The highest BCUT2D eigenvalue weighted by atomic mass is 19.1. The van der Waals surface area contributed by atoms with Gasteiger partial charge in [-0.2, -0.15) is 5.10 Å². The molecule has 0 unspecified atom stereocenters. The van der Waals surface area contributed by atoms with Crippen molar-refractivity contribution in [3.63, 3.8) is 0 Å². The molecule has 2 fully saturated rings. The van der Waals surface area contributed by atoms with Gasteiger partial charge in [-0.25, -0.2) is 4.39 Å². The van der Waals surface area contributed by atoms with E-state index in [0.29, 0.717) is 37.5 Å². The number of amides is 1. The number of benzene rings is 1. The predicted octanol–water partition coefficient (Wildman–Crippen LogP) is 1.87. The topological polar surface area (TPSA) is 69.8 Å². The zero-order valence-corrected chi connectivity index (χ0v) is 13.4. The fourth-order valence-corrected chi connectivity index (χ4v) is 3.22. The van der Waals surface area contributed by atoms with Crippen molar-refractivity contribution >= 4 is 5.91 Å². The van der Waals surface area contributed by atoms with E-state index < -0.39 is 5.41 Å². The van der Waals surface area contributed by atoms with Gasteiger partial charge in [-0.05, 0) is 37.0 Å². The van der Waals surface area contributed by atoms with Crippen LogP contribution < -0.4 is 10.6 Å². The third-order valence-electron chi connectivity index (χ3n) is 4.98. The first-order valence-corrected chi connectivity index (χ1v) is 8.43. The SMILES string of the molecule is O=C(NCc1cc(C2CC2)n[nH]1)C1(Cc2ccccc2F)CNC1. The van der Waals surface area contributed by atoms with E-state index >= 15 is 0 Å². The highest BCUT2D eigenvalue weighted by Gasteiger charge is 2.44. The first kappa shape index (κ1) is 15.3. The molecule has 1 aromatic carbocycles. The average Bonchev–Trinajstić information content (AvgIpc) is 3.29. The van der Waals surface area contributed by atoms with E-state index in [1.807, 2.05) is 6.07 Å². The first-order valence-electron chi connectivity index (χ1n) is 8.43. The predicted molar refractivity (Wildman–Crippen MR) is 87.8 cm³/mol. The fraction of sp³-hybridized carbons (Fsp3) is 0.444. The van der Waals surface area contributed by atoms with Crippen molar-refractivity contribution in [2.45, 2.75) is 31.7 Å². The molecule has 6 heteroatoms. The number of hydrogen-bond donors (Lipinski definition) is 3. The standard InChI is InChI=1S/C18H21FN4O/c19-15-4-2-1-3-13(15)8-18(10-20-11-18)17(24)21-9-14-7-16(23-22-14)12-5-6-12/h1-4,7,12,20H,5-6,8-11H2,(H,21,24)(H,22,23). The normalized spacial score (nSPS) is 18.9. The molecule has 1 amide bonds. The van der Waals surface area contributed by atoms with Crippen molar-refractivity contribution in [2.75, 3.05) is 13.1 Å².